The highest BCUT2D eigenvalue weighted by Gasteiger charge is 2.11. The standard InChI is InChI=1S/C11H12N8O2/c12-11-16-9-8(10(21)17-11)15-6-19(9)3-7(20)14-5-18-2-1-13-4-18/h1-2,4,6H,3,5H2,(H,14,20)(H3,12,16,17,21). The summed E-state index contributed by atoms with van der Waals surface area (Å²) in [5.41, 5.74) is 5.47. The number of aromatic amines is 1. The molecule has 0 unspecified atom stereocenters. The summed E-state index contributed by atoms with van der Waals surface area (Å²) in [6, 6.07) is 0. The van der Waals surface area contributed by atoms with Crippen LogP contribution in [0.3, 0.4) is 0 Å². The molecule has 0 saturated heterocycles. The van der Waals surface area contributed by atoms with E-state index in [0.29, 0.717) is 6.67 Å². The van der Waals surface area contributed by atoms with Crippen molar-refractivity contribution in [3.05, 3.63) is 35.4 Å². The quantitative estimate of drug-likeness (QED) is 0.544. The van der Waals surface area contributed by atoms with Crippen LogP contribution in [0.15, 0.2) is 29.8 Å². The van der Waals surface area contributed by atoms with Crippen molar-refractivity contribution in [3.8, 4) is 0 Å². The van der Waals surface area contributed by atoms with E-state index >= 15 is 0 Å². The maximum absolute atomic E-state index is 11.9. The zero-order chi connectivity index (χ0) is 14.8. The molecular weight excluding hydrogens is 276 g/mol. The first-order valence-electron chi connectivity index (χ1n) is 6.06. The highest BCUT2D eigenvalue weighted by Crippen LogP contribution is 2.05. The molecule has 0 aliphatic rings. The van der Waals surface area contributed by atoms with Gasteiger partial charge in [-0.2, -0.15) is 4.98 Å². The second kappa shape index (κ2) is 5.07. The number of nitrogen functional groups attached to an aromatic ring is 1. The first-order chi connectivity index (χ1) is 10.1. The third-order valence-corrected chi connectivity index (χ3v) is 2.83. The van der Waals surface area contributed by atoms with Crippen LogP contribution in [0.2, 0.25) is 0 Å². The predicted molar refractivity (Wildman–Crippen MR) is 72.9 cm³/mol. The summed E-state index contributed by atoms with van der Waals surface area (Å²) in [6.45, 7) is 0.294. The van der Waals surface area contributed by atoms with Crippen LogP contribution in [0.5, 0.6) is 0 Å². The van der Waals surface area contributed by atoms with Gasteiger partial charge in [0.2, 0.25) is 11.9 Å². The molecule has 0 bridgehead atoms. The van der Waals surface area contributed by atoms with Gasteiger partial charge in [-0.25, -0.2) is 9.97 Å². The number of nitrogens with zero attached hydrogens (tertiary/aromatic N) is 5. The number of amides is 1. The maximum atomic E-state index is 11.9. The van der Waals surface area contributed by atoms with Crippen LogP contribution in [0, 0.1) is 0 Å². The second-order valence-corrected chi connectivity index (χ2v) is 4.33. The first-order valence-corrected chi connectivity index (χ1v) is 6.06. The molecule has 0 aromatic carbocycles. The molecule has 3 aromatic rings. The van der Waals surface area contributed by atoms with Crippen LogP contribution < -0.4 is 16.6 Å². The Morgan fingerprint density at radius 3 is 3.05 bits per heavy atom. The molecule has 3 aromatic heterocycles. The van der Waals surface area contributed by atoms with Crippen molar-refractivity contribution >= 4 is 23.0 Å². The number of hydrogen-bond donors (Lipinski definition) is 3. The van der Waals surface area contributed by atoms with E-state index in [1.807, 2.05) is 0 Å². The average Bonchev–Trinajstić information content (AvgIpc) is 3.07. The first kappa shape index (κ1) is 12.8. The summed E-state index contributed by atoms with van der Waals surface area (Å²) in [5.74, 6) is -0.267. The minimum absolute atomic E-state index is 0.0128. The topological polar surface area (TPSA) is 137 Å². The van der Waals surface area contributed by atoms with Crippen molar-refractivity contribution < 1.29 is 4.79 Å². The number of carbonyl (C=O) groups is 1. The Kier molecular flexibility index (Phi) is 3.10. The van der Waals surface area contributed by atoms with Crippen LogP contribution in [0.25, 0.3) is 11.2 Å². The molecule has 4 N–H and O–H groups in total. The van der Waals surface area contributed by atoms with Gasteiger partial charge in [0.25, 0.3) is 5.56 Å². The third-order valence-electron chi connectivity index (χ3n) is 2.83. The molecule has 3 rings (SSSR count). The summed E-state index contributed by atoms with van der Waals surface area (Å²) in [6.07, 6.45) is 6.32. The van der Waals surface area contributed by atoms with Crippen molar-refractivity contribution in [1.29, 1.82) is 0 Å². The van der Waals surface area contributed by atoms with Crippen LogP contribution in [0.4, 0.5) is 5.95 Å². The number of aromatic nitrogens is 6. The Balaban J connectivity index is 1.75. The molecular formula is C11H12N8O2. The van der Waals surface area contributed by atoms with Gasteiger partial charge in [-0.3, -0.25) is 14.6 Å². The number of H-pyrrole nitrogens is 1. The molecule has 0 aliphatic heterocycles. The molecule has 0 spiro atoms. The van der Waals surface area contributed by atoms with Crippen LogP contribution >= 0.6 is 0 Å². The normalized spacial score (nSPS) is 10.9. The van der Waals surface area contributed by atoms with Gasteiger partial charge in [-0.1, -0.05) is 0 Å². The van der Waals surface area contributed by atoms with Crippen LogP contribution in [0.1, 0.15) is 0 Å². The molecule has 0 atom stereocenters. The minimum Gasteiger partial charge on any atom is -0.369 e. The molecule has 3 heterocycles. The Morgan fingerprint density at radius 1 is 1.43 bits per heavy atom. The number of fused-ring (bicyclic) bond motifs is 1. The Labute approximate surface area is 117 Å². The molecule has 10 heteroatoms. The molecule has 1 amide bonds. The molecule has 21 heavy (non-hydrogen) atoms. The van der Waals surface area contributed by atoms with Gasteiger partial charge in [-0.15, -0.1) is 0 Å². The van der Waals surface area contributed by atoms with Gasteiger partial charge < -0.3 is 20.2 Å². The highest BCUT2D eigenvalue weighted by atomic mass is 16.2. The SMILES string of the molecule is Nc1nc2c(ncn2CC(=O)NCn2ccnc2)c(=O)[nH]1. The predicted octanol–water partition coefficient (Wildman–Crippen LogP) is -1.33. The molecule has 0 saturated carbocycles. The van der Waals surface area contributed by atoms with E-state index in [0.717, 1.165) is 0 Å². The second-order valence-electron chi connectivity index (χ2n) is 4.33. The van der Waals surface area contributed by atoms with E-state index in [9.17, 15) is 9.59 Å². The Hall–Kier alpha value is -3.17. The van der Waals surface area contributed by atoms with E-state index < -0.39 is 5.56 Å². The fourth-order valence-electron chi connectivity index (χ4n) is 1.86. The minimum atomic E-state index is -0.435. The Bertz CT molecular complexity index is 832. The van der Waals surface area contributed by atoms with Crippen molar-refractivity contribution in [2.75, 3.05) is 5.73 Å². The van der Waals surface area contributed by atoms with Gasteiger partial charge in [0.1, 0.15) is 6.54 Å². The van der Waals surface area contributed by atoms with E-state index in [-0.39, 0.29) is 29.6 Å². The lowest BCUT2D eigenvalue weighted by molar-refractivity contribution is -0.122. The van der Waals surface area contributed by atoms with Gasteiger partial charge in [0.05, 0.1) is 19.3 Å². The molecule has 10 nitrogen and oxygen atoms in total. The van der Waals surface area contributed by atoms with Crippen LogP contribution in [-0.2, 0) is 18.0 Å². The molecule has 108 valence electrons. The van der Waals surface area contributed by atoms with Gasteiger partial charge >= 0.3 is 0 Å². The molecule has 0 radical (unpaired) electrons. The summed E-state index contributed by atoms with van der Waals surface area (Å²) in [4.78, 5) is 37.6. The lowest BCUT2D eigenvalue weighted by Gasteiger charge is -2.06. The molecule has 0 aliphatic carbocycles. The van der Waals surface area contributed by atoms with E-state index in [4.69, 9.17) is 5.73 Å². The largest absolute Gasteiger partial charge is 0.369 e. The summed E-state index contributed by atoms with van der Waals surface area (Å²) in [5, 5.41) is 2.71. The Morgan fingerprint density at radius 2 is 2.29 bits per heavy atom. The number of carbonyl (C=O) groups excluding carboxylic acids is 1. The summed E-state index contributed by atoms with van der Waals surface area (Å²) in [7, 11) is 0. The zero-order valence-electron chi connectivity index (χ0n) is 10.9. The third kappa shape index (κ3) is 2.59. The smallest absolute Gasteiger partial charge is 0.280 e. The molecule has 0 fully saturated rings. The van der Waals surface area contributed by atoms with Gasteiger partial charge in [0.15, 0.2) is 11.2 Å². The highest BCUT2D eigenvalue weighted by molar-refractivity contribution is 5.78. The monoisotopic (exact) mass is 288 g/mol. The maximum Gasteiger partial charge on any atom is 0.280 e. The van der Waals surface area contributed by atoms with E-state index in [2.05, 4.69) is 25.3 Å². The van der Waals surface area contributed by atoms with Gasteiger partial charge in [0, 0.05) is 12.4 Å². The number of imidazole rings is 2. The van der Waals surface area contributed by atoms with Gasteiger partial charge in [-0.05, 0) is 0 Å². The van der Waals surface area contributed by atoms with Crippen LogP contribution in [-0.4, -0.2) is 35.0 Å². The van der Waals surface area contributed by atoms with Crippen molar-refractivity contribution in [2.45, 2.75) is 13.2 Å². The lowest BCUT2D eigenvalue weighted by atomic mass is 10.5. The number of hydrogen-bond acceptors (Lipinski definition) is 6. The van der Waals surface area contributed by atoms with Crippen molar-refractivity contribution in [3.63, 3.8) is 0 Å². The zero-order valence-corrected chi connectivity index (χ0v) is 10.9. The average molecular weight is 288 g/mol. The fourth-order valence-corrected chi connectivity index (χ4v) is 1.86. The van der Waals surface area contributed by atoms with Crippen molar-refractivity contribution in [2.24, 2.45) is 0 Å². The number of rotatable bonds is 4. The number of nitrogens with one attached hydrogen (secondary N) is 2. The summed E-state index contributed by atoms with van der Waals surface area (Å²) < 4.78 is 3.18. The number of nitrogens with two attached hydrogens (primary N) is 1. The van der Waals surface area contributed by atoms with E-state index in [1.165, 1.54) is 10.9 Å². The fraction of sp³-hybridized carbons (Fsp3) is 0.182. The lowest BCUT2D eigenvalue weighted by Crippen LogP contribution is -2.29. The van der Waals surface area contributed by atoms with Crippen molar-refractivity contribution in [1.82, 2.24) is 34.4 Å². The summed E-state index contributed by atoms with van der Waals surface area (Å²) >= 11 is 0. The number of anilines is 1. The van der Waals surface area contributed by atoms with E-state index in [1.54, 1.807) is 23.3 Å².